The normalized spacial score (nSPS) is 14.9. The van der Waals surface area contributed by atoms with Crippen LogP contribution in [0.2, 0.25) is 0 Å². The third kappa shape index (κ3) is 2.02. The molecular formula is C11H11NOS. The predicted octanol–water partition coefficient (Wildman–Crippen LogP) is 2.82. The molecule has 0 unspecified atom stereocenters. The molecule has 0 spiro atoms. The molecule has 1 aromatic rings. The number of rotatable bonds is 3. The van der Waals surface area contributed by atoms with E-state index in [0.717, 1.165) is 23.5 Å². The monoisotopic (exact) mass is 205 g/mol. The van der Waals surface area contributed by atoms with E-state index >= 15 is 0 Å². The number of nitrogens with zero attached hydrogens (tertiary/aromatic N) is 1. The molecule has 3 heteroatoms. The smallest absolute Gasteiger partial charge is 0.138 e. The molecule has 0 bridgehead atoms. The highest BCUT2D eigenvalue weighted by molar-refractivity contribution is 7.98. The van der Waals surface area contributed by atoms with E-state index < -0.39 is 0 Å². The molecule has 0 amide bonds. The van der Waals surface area contributed by atoms with Crippen LogP contribution in [0, 0.1) is 11.3 Å². The molecule has 0 aliphatic heterocycles. The first-order chi connectivity index (χ1) is 6.83. The minimum atomic E-state index is 0.346. The number of hydrogen-bond acceptors (Lipinski definition) is 3. The van der Waals surface area contributed by atoms with Crippen LogP contribution in [0.5, 0.6) is 5.75 Å². The van der Waals surface area contributed by atoms with Crippen molar-refractivity contribution in [1.82, 2.24) is 0 Å². The number of nitriles is 1. The number of benzene rings is 1. The van der Waals surface area contributed by atoms with Gasteiger partial charge in [0.2, 0.25) is 0 Å². The third-order valence-electron chi connectivity index (χ3n) is 2.13. The van der Waals surface area contributed by atoms with Gasteiger partial charge in [-0.3, -0.25) is 0 Å². The first kappa shape index (κ1) is 9.42. The zero-order chi connectivity index (χ0) is 9.97. The molecule has 0 aromatic heterocycles. The molecule has 1 aliphatic rings. The van der Waals surface area contributed by atoms with Gasteiger partial charge in [-0.05, 0) is 37.3 Å². The highest BCUT2D eigenvalue weighted by Gasteiger charge is 2.24. The average Bonchev–Trinajstić information content (AvgIpc) is 3.01. The first-order valence-corrected chi connectivity index (χ1v) is 5.81. The van der Waals surface area contributed by atoms with Crippen molar-refractivity contribution in [2.45, 2.75) is 23.8 Å². The van der Waals surface area contributed by atoms with Gasteiger partial charge in [-0.25, -0.2) is 0 Å². The van der Waals surface area contributed by atoms with Crippen LogP contribution in [0.4, 0.5) is 0 Å². The van der Waals surface area contributed by atoms with Gasteiger partial charge < -0.3 is 4.74 Å². The van der Waals surface area contributed by atoms with Gasteiger partial charge in [-0.1, -0.05) is 0 Å². The third-order valence-corrected chi connectivity index (χ3v) is 2.85. The maximum Gasteiger partial charge on any atom is 0.138 e. The molecule has 1 saturated carbocycles. The lowest BCUT2D eigenvalue weighted by molar-refractivity contribution is 0.301. The van der Waals surface area contributed by atoms with Gasteiger partial charge >= 0.3 is 0 Å². The van der Waals surface area contributed by atoms with Gasteiger partial charge in [-0.15, -0.1) is 11.8 Å². The second-order valence-corrected chi connectivity index (χ2v) is 4.17. The molecule has 1 fully saturated rings. The largest absolute Gasteiger partial charge is 0.489 e. The standard InChI is InChI=1S/C11H11NOS/c1-14-10-5-2-8(7-12)11(6-10)13-9-3-4-9/h2,5-6,9H,3-4H2,1H3. The maximum absolute atomic E-state index is 8.88. The fourth-order valence-corrected chi connectivity index (χ4v) is 1.61. The maximum atomic E-state index is 8.88. The van der Waals surface area contributed by atoms with Gasteiger partial charge in [-0.2, -0.15) is 5.26 Å². The number of thioether (sulfide) groups is 1. The fraction of sp³-hybridized carbons (Fsp3) is 0.364. The van der Waals surface area contributed by atoms with Crippen LogP contribution in [-0.4, -0.2) is 12.4 Å². The van der Waals surface area contributed by atoms with Gasteiger partial charge in [0.25, 0.3) is 0 Å². The van der Waals surface area contributed by atoms with Crippen molar-refractivity contribution in [1.29, 1.82) is 5.26 Å². The average molecular weight is 205 g/mol. The van der Waals surface area contributed by atoms with E-state index in [1.165, 1.54) is 0 Å². The van der Waals surface area contributed by atoms with E-state index in [1.54, 1.807) is 11.8 Å². The molecule has 0 saturated heterocycles. The molecule has 0 heterocycles. The summed E-state index contributed by atoms with van der Waals surface area (Å²) in [6.45, 7) is 0. The second-order valence-electron chi connectivity index (χ2n) is 3.29. The molecule has 2 nitrogen and oxygen atoms in total. The Bertz CT molecular complexity index is 379. The lowest BCUT2D eigenvalue weighted by atomic mass is 10.2. The van der Waals surface area contributed by atoms with E-state index in [2.05, 4.69) is 6.07 Å². The van der Waals surface area contributed by atoms with Crippen LogP contribution in [-0.2, 0) is 0 Å². The van der Waals surface area contributed by atoms with Gasteiger partial charge in [0.1, 0.15) is 11.8 Å². The summed E-state index contributed by atoms with van der Waals surface area (Å²) < 4.78 is 5.65. The van der Waals surface area contributed by atoms with E-state index in [9.17, 15) is 0 Å². The van der Waals surface area contributed by atoms with Crippen molar-refractivity contribution >= 4 is 11.8 Å². The van der Waals surface area contributed by atoms with Gasteiger partial charge in [0.05, 0.1) is 11.7 Å². The Morgan fingerprint density at radius 2 is 2.29 bits per heavy atom. The van der Waals surface area contributed by atoms with Crippen LogP contribution < -0.4 is 4.74 Å². The lowest BCUT2D eigenvalue weighted by Crippen LogP contribution is -1.98. The first-order valence-electron chi connectivity index (χ1n) is 4.58. The van der Waals surface area contributed by atoms with Gasteiger partial charge in [0.15, 0.2) is 0 Å². The summed E-state index contributed by atoms with van der Waals surface area (Å²) in [7, 11) is 0. The Morgan fingerprint density at radius 1 is 1.50 bits per heavy atom. The summed E-state index contributed by atoms with van der Waals surface area (Å²) in [5.41, 5.74) is 0.634. The number of ether oxygens (including phenoxy) is 1. The molecule has 1 aliphatic carbocycles. The highest BCUT2D eigenvalue weighted by Crippen LogP contribution is 2.31. The second kappa shape index (κ2) is 3.93. The molecule has 2 rings (SSSR count). The Morgan fingerprint density at radius 3 is 2.86 bits per heavy atom. The van der Waals surface area contributed by atoms with Crippen molar-refractivity contribution in [3.8, 4) is 11.8 Å². The zero-order valence-corrected chi connectivity index (χ0v) is 8.80. The highest BCUT2D eigenvalue weighted by atomic mass is 32.2. The zero-order valence-electron chi connectivity index (χ0n) is 7.99. The fourth-order valence-electron chi connectivity index (χ4n) is 1.18. The van der Waals surface area contributed by atoms with Crippen LogP contribution >= 0.6 is 11.8 Å². The van der Waals surface area contributed by atoms with Crippen LogP contribution in [0.25, 0.3) is 0 Å². The van der Waals surface area contributed by atoms with Crippen molar-refractivity contribution in [2.75, 3.05) is 6.26 Å². The Hall–Kier alpha value is -1.14. The molecule has 1 aromatic carbocycles. The van der Waals surface area contributed by atoms with E-state index in [1.807, 2.05) is 24.5 Å². The SMILES string of the molecule is CSc1ccc(C#N)c(OC2CC2)c1. The Labute approximate surface area is 87.9 Å². The van der Waals surface area contributed by atoms with E-state index in [4.69, 9.17) is 10.00 Å². The molecule has 0 N–H and O–H groups in total. The number of hydrogen-bond donors (Lipinski definition) is 0. The summed E-state index contributed by atoms with van der Waals surface area (Å²) in [5.74, 6) is 0.738. The van der Waals surface area contributed by atoms with E-state index in [-0.39, 0.29) is 0 Å². The minimum absolute atomic E-state index is 0.346. The van der Waals surface area contributed by atoms with Crippen LogP contribution in [0.3, 0.4) is 0 Å². The molecule has 14 heavy (non-hydrogen) atoms. The Balaban J connectivity index is 2.27. The van der Waals surface area contributed by atoms with E-state index in [0.29, 0.717) is 11.7 Å². The summed E-state index contributed by atoms with van der Waals surface area (Å²) in [5, 5.41) is 8.88. The van der Waals surface area contributed by atoms with Crippen LogP contribution in [0.1, 0.15) is 18.4 Å². The summed E-state index contributed by atoms with van der Waals surface area (Å²) in [6, 6.07) is 7.86. The lowest BCUT2D eigenvalue weighted by Gasteiger charge is -2.07. The summed E-state index contributed by atoms with van der Waals surface area (Å²) >= 11 is 1.66. The van der Waals surface area contributed by atoms with Crippen LogP contribution in [0.15, 0.2) is 23.1 Å². The molecular weight excluding hydrogens is 194 g/mol. The Kier molecular flexibility index (Phi) is 2.64. The van der Waals surface area contributed by atoms with Crippen molar-refractivity contribution in [3.63, 3.8) is 0 Å². The molecule has 72 valence electrons. The summed E-state index contributed by atoms with van der Waals surface area (Å²) in [6.07, 6.45) is 4.60. The van der Waals surface area contributed by atoms with Crippen molar-refractivity contribution < 1.29 is 4.74 Å². The van der Waals surface area contributed by atoms with Crippen molar-refractivity contribution in [2.24, 2.45) is 0 Å². The van der Waals surface area contributed by atoms with Crippen molar-refractivity contribution in [3.05, 3.63) is 23.8 Å². The topological polar surface area (TPSA) is 33.0 Å². The molecule has 0 radical (unpaired) electrons. The quantitative estimate of drug-likeness (QED) is 0.711. The van der Waals surface area contributed by atoms with Gasteiger partial charge in [0, 0.05) is 4.90 Å². The minimum Gasteiger partial charge on any atom is -0.489 e. The summed E-state index contributed by atoms with van der Waals surface area (Å²) in [4.78, 5) is 1.14. The molecule has 0 atom stereocenters. The predicted molar refractivity (Wildman–Crippen MR) is 56.6 cm³/mol.